The number of hydrogen-bond acceptors (Lipinski definition) is 4. The number of pyridine rings is 1. The van der Waals surface area contributed by atoms with Crippen LogP contribution in [0, 0.1) is 0 Å². The Bertz CT molecular complexity index is 430. The van der Waals surface area contributed by atoms with Crippen LogP contribution < -0.4 is 4.90 Å². The minimum atomic E-state index is 0.0936. The molecule has 2 heterocycles. The molecule has 0 aliphatic carbocycles. The van der Waals surface area contributed by atoms with Crippen molar-refractivity contribution in [3.63, 3.8) is 0 Å². The maximum Gasteiger partial charge on any atom is 0.129 e. The van der Waals surface area contributed by atoms with Crippen LogP contribution in [0.25, 0.3) is 0 Å². The average molecular weight is 299 g/mol. The zero-order valence-electron chi connectivity index (χ0n) is 12.4. The molecule has 1 aliphatic rings. The lowest BCUT2D eigenvalue weighted by atomic mass is 10.2. The predicted octanol–water partition coefficient (Wildman–Crippen LogP) is 2.62. The predicted molar refractivity (Wildman–Crippen MR) is 81.6 cm³/mol. The van der Waals surface area contributed by atoms with Crippen molar-refractivity contribution in [1.29, 1.82) is 0 Å². The number of alkyl halides is 1. The number of rotatable bonds is 6. The summed E-state index contributed by atoms with van der Waals surface area (Å²) in [5, 5.41) is 0. The Labute approximate surface area is 126 Å². The summed E-state index contributed by atoms with van der Waals surface area (Å²) < 4.78 is 11.0. The second kappa shape index (κ2) is 7.25. The summed E-state index contributed by atoms with van der Waals surface area (Å²) in [6, 6.07) is 4.16. The van der Waals surface area contributed by atoms with Gasteiger partial charge in [-0.1, -0.05) is 13.3 Å². The van der Waals surface area contributed by atoms with Gasteiger partial charge in [0.2, 0.25) is 0 Å². The first kappa shape index (κ1) is 15.5. The topological polar surface area (TPSA) is 34.6 Å². The molecule has 20 heavy (non-hydrogen) atoms. The van der Waals surface area contributed by atoms with Crippen molar-refractivity contribution < 1.29 is 9.47 Å². The van der Waals surface area contributed by atoms with E-state index in [-0.39, 0.29) is 12.2 Å². The molecule has 0 saturated carbocycles. The highest BCUT2D eigenvalue weighted by atomic mass is 35.5. The van der Waals surface area contributed by atoms with E-state index in [9.17, 15) is 0 Å². The van der Waals surface area contributed by atoms with Crippen molar-refractivity contribution >= 4 is 17.4 Å². The minimum Gasteiger partial charge on any atom is -0.377 e. The van der Waals surface area contributed by atoms with Crippen molar-refractivity contribution in [3.8, 4) is 0 Å². The monoisotopic (exact) mass is 298 g/mol. The third-order valence-corrected chi connectivity index (χ3v) is 4.04. The highest BCUT2D eigenvalue weighted by Gasteiger charge is 2.33. The van der Waals surface area contributed by atoms with Gasteiger partial charge in [-0.25, -0.2) is 4.98 Å². The van der Waals surface area contributed by atoms with Crippen LogP contribution in [0.4, 0.5) is 5.82 Å². The molecule has 1 fully saturated rings. The van der Waals surface area contributed by atoms with E-state index in [2.05, 4.69) is 24.0 Å². The number of methoxy groups -OCH3 is 2. The van der Waals surface area contributed by atoms with Crippen LogP contribution in [0.15, 0.2) is 12.1 Å². The van der Waals surface area contributed by atoms with Gasteiger partial charge in [-0.15, -0.1) is 11.6 Å². The molecule has 4 nitrogen and oxygen atoms in total. The lowest BCUT2D eigenvalue weighted by Gasteiger charge is -2.18. The van der Waals surface area contributed by atoms with Crippen molar-refractivity contribution in [3.05, 3.63) is 23.4 Å². The Hall–Kier alpha value is -0.840. The fraction of sp³-hybridized carbons (Fsp3) is 0.667. The largest absolute Gasteiger partial charge is 0.377 e. The van der Waals surface area contributed by atoms with E-state index >= 15 is 0 Å². The van der Waals surface area contributed by atoms with Gasteiger partial charge in [-0.05, 0) is 24.1 Å². The maximum atomic E-state index is 5.99. The van der Waals surface area contributed by atoms with Gasteiger partial charge in [0.25, 0.3) is 0 Å². The molecule has 0 spiro atoms. The first-order valence-electron chi connectivity index (χ1n) is 7.08. The Kier molecular flexibility index (Phi) is 5.64. The molecular weight excluding hydrogens is 276 g/mol. The Balaban J connectivity index is 2.21. The summed E-state index contributed by atoms with van der Waals surface area (Å²) in [6.07, 6.45) is 2.25. The number of ether oxygens (including phenoxy) is 2. The highest BCUT2D eigenvalue weighted by Crippen LogP contribution is 2.24. The Morgan fingerprint density at radius 1 is 1.25 bits per heavy atom. The van der Waals surface area contributed by atoms with Crippen LogP contribution >= 0.6 is 11.6 Å². The molecular formula is C15H23ClN2O2. The van der Waals surface area contributed by atoms with E-state index in [0.29, 0.717) is 5.88 Å². The summed E-state index contributed by atoms with van der Waals surface area (Å²) in [7, 11) is 3.45. The summed E-state index contributed by atoms with van der Waals surface area (Å²) in [5.41, 5.74) is 2.23. The van der Waals surface area contributed by atoms with Gasteiger partial charge in [-0.2, -0.15) is 0 Å². The SMILES string of the molecule is CCCc1cc(CCl)cc(N2CC(OC)C(OC)C2)n1. The third kappa shape index (κ3) is 3.43. The number of hydrogen-bond donors (Lipinski definition) is 0. The number of aromatic nitrogens is 1. The van der Waals surface area contributed by atoms with Crippen molar-refractivity contribution in [2.75, 3.05) is 32.2 Å². The molecule has 1 aromatic heterocycles. The van der Waals surface area contributed by atoms with E-state index in [1.807, 2.05) is 0 Å². The van der Waals surface area contributed by atoms with Crippen molar-refractivity contribution in [2.45, 2.75) is 37.9 Å². The molecule has 2 rings (SSSR count). The molecule has 0 amide bonds. The van der Waals surface area contributed by atoms with Crippen molar-refractivity contribution in [1.82, 2.24) is 4.98 Å². The molecule has 5 heteroatoms. The van der Waals surface area contributed by atoms with E-state index in [4.69, 9.17) is 26.1 Å². The van der Waals surface area contributed by atoms with Gasteiger partial charge in [0.1, 0.15) is 18.0 Å². The number of aryl methyl sites for hydroxylation is 1. The lowest BCUT2D eigenvalue weighted by molar-refractivity contribution is -0.00461. The number of nitrogens with zero attached hydrogens (tertiary/aromatic N) is 2. The molecule has 0 N–H and O–H groups in total. The third-order valence-electron chi connectivity index (χ3n) is 3.73. The van der Waals surface area contributed by atoms with Crippen LogP contribution in [-0.2, 0) is 21.8 Å². The van der Waals surface area contributed by atoms with Crippen LogP contribution in [0.3, 0.4) is 0 Å². The van der Waals surface area contributed by atoms with Gasteiger partial charge >= 0.3 is 0 Å². The van der Waals surface area contributed by atoms with Crippen LogP contribution in [0.2, 0.25) is 0 Å². The van der Waals surface area contributed by atoms with E-state index in [0.717, 1.165) is 43.0 Å². The second-order valence-electron chi connectivity index (χ2n) is 5.16. The standard InChI is InChI=1S/C15H23ClN2O2/c1-4-5-12-6-11(8-16)7-15(17-12)18-9-13(19-2)14(10-18)20-3/h6-7,13-14H,4-5,8-10H2,1-3H3. The fourth-order valence-corrected chi connectivity index (χ4v) is 2.79. The first-order chi connectivity index (χ1) is 9.71. The van der Waals surface area contributed by atoms with Gasteiger partial charge < -0.3 is 14.4 Å². The molecule has 1 saturated heterocycles. The molecule has 1 aromatic rings. The number of halogens is 1. The zero-order chi connectivity index (χ0) is 14.5. The molecule has 0 bridgehead atoms. The number of anilines is 1. The molecule has 1 aliphatic heterocycles. The van der Waals surface area contributed by atoms with Gasteiger partial charge in [0.15, 0.2) is 0 Å². The van der Waals surface area contributed by atoms with Crippen LogP contribution in [-0.4, -0.2) is 44.5 Å². The van der Waals surface area contributed by atoms with Crippen molar-refractivity contribution in [2.24, 2.45) is 0 Å². The zero-order valence-corrected chi connectivity index (χ0v) is 13.2. The first-order valence-corrected chi connectivity index (χ1v) is 7.61. The summed E-state index contributed by atoms with van der Waals surface area (Å²) >= 11 is 5.99. The normalized spacial score (nSPS) is 22.5. The molecule has 0 aromatic carbocycles. The molecule has 2 atom stereocenters. The van der Waals surface area contributed by atoms with Gasteiger partial charge in [0.05, 0.1) is 0 Å². The van der Waals surface area contributed by atoms with E-state index < -0.39 is 0 Å². The minimum absolute atomic E-state index is 0.0936. The Morgan fingerprint density at radius 2 is 1.90 bits per heavy atom. The highest BCUT2D eigenvalue weighted by molar-refractivity contribution is 6.17. The average Bonchev–Trinajstić information content (AvgIpc) is 2.90. The van der Waals surface area contributed by atoms with E-state index in [1.54, 1.807) is 14.2 Å². The summed E-state index contributed by atoms with van der Waals surface area (Å²) in [6.45, 7) is 3.77. The van der Waals surface area contributed by atoms with E-state index in [1.165, 1.54) is 0 Å². The van der Waals surface area contributed by atoms with Crippen LogP contribution in [0.1, 0.15) is 24.6 Å². The van der Waals surface area contributed by atoms with Gasteiger partial charge in [-0.3, -0.25) is 0 Å². The quantitative estimate of drug-likeness (QED) is 0.756. The summed E-state index contributed by atoms with van der Waals surface area (Å²) in [5.74, 6) is 1.50. The maximum absolute atomic E-state index is 5.99. The fourth-order valence-electron chi connectivity index (χ4n) is 2.64. The molecule has 112 valence electrons. The molecule has 0 radical (unpaired) electrons. The molecule has 2 unspecified atom stereocenters. The van der Waals surface area contributed by atoms with Gasteiger partial charge in [0, 0.05) is 38.9 Å². The Morgan fingerprint density at radius 3 is 2.40 bits per heavy atom. The van der Waals surface area contributed by atoms with Crippen LogP contribution in [0.5, 0.6) is 0 Å². The lowest BCUT2D eigenvalue weighted by Crippen LogP contribution is -2.27. The second-order valence-corrected chi connectivity index (χ2v) is 5.43. The smallest absolute Gasteiger partial charge is 0.129 e. The summed E-state index contributed by atoms with van der Waals surface area (Å²) in [4.78, 5) is 6.97.